The molecule has 2 N–H and O–H groups in total. The lowest BCUT2D eigenvalue weighted by Crippen LogP contribution is -2.41. The van der Waals surface area contributed by atoms with Gasteiger partial charge in [-0.15, -0.1) is 0 Å². The lowest BCUT2D eigenvalue weighted by atomic mass is 9.89. The molecule has 2 rings (SSSR count). The predicted octanol–water partition coefficient (Wildman–Crippen LogP) is 2.56. The Labute approximate surface area is 126 Å². The normalized spacial score (nSPS) is 16.4. The van der Waals surface area contributed by atoms with E-state index in [0.29, 0.717) is 12.5 Å². The molecule has 116 valence electrons. The molecule has 0 atom stereocenters. The standard InChI is InChI=1S/C15H22N2O3S/c1-12-7-9-14(10-8-12)21(19,20)17-15(18)16-11-13-5-3-2-4-6-13/h7-10,13H,2-6,11H2,1H3,(H2,16,17,18). The minimum atomic E-state index is -3.79. The summed E-state index contributed by atoms with van der Waals surface area (Å²) in [6, 6.07) is 5.74. The van der Waals surface area contributed by atoms with E-state index >= 15 is 0 Å². The molecule has 2 amide bonds. The predicted molar refractivity (Wildman–Crippen MR) is 81.5 cm³/mol. The third-order valence-corrected chi connectivity index (χ3v) is 5.18. The van der Waals surface area contributed by atoms with Gasteiger partial charge in [-0.05, 0) is 37.8 Å². The Hall–Kier alpha value is -1.56. The summed E-state index contributed by atoms with van der Waals surface area (Å²) in [6.45, 7) is 2.41. The summed E-state index contributed by atoms with van der Waals surface area (Å²) >= 11 is 0. The molecule has 1 aliphatic carbocycles. The quantitative estimate of drug-likeness (QED) is 0.897. The lowest BCUT2D eigenvalue weighted by molar-refractivity contribution is 0.241. The zero-order valence-electron chi connectivity index (χ0n) is 12.3. The molecule has 1 aromatic carbocycles. The first-order valence-corrected chi connectivity index (χ1v) is 8.83. The maximum Gasteiger partial charge on any atom is 0.328 e. The molecule has 1 aromatic rings. The molecular formula is C15H22N2O3S. The van der Waals surface area contributed by atoms with Gasteiger partial charge in [-0.3, -0.25) is 0 Å². The van der Waals surface area contributed by atoms with Gasteiger partial charge >= 0.3 is 6.03 Å². The van der Waals surface area contributed by atoms with Crippen molar-refractivity contribution in [2.24, 2.45) is 5.92 Å². The number of nitrogens with one attached hydrogen (secondary N) is 2. The molecule has 0 aromatic heterocycles. The van der Waals surface area contributed by atoms with Crippen LogP contribution in [0.15, 0.2) is 29.2 Å². The van der Waals surface area contributed by atoms with Crippen LogP contribution in [0.1, 0.15) is 37.7 Å². The van der Waals surface area contributed by atoms with Crippen LogP contribution in [0.4, 0.5) is 4.79 Å². The molecule has 0 unspecified atom stereocenters. The van der Waals surface area contributed by atoms with Crippen molar-refractivity contribution in [3.05, 3.63) is 29.8 Å². The lowest BCUT2D eigenvalue weighted by Gasteiger charge is -2.21. The minimum absolute atomic E-state index is 0.0981. The molecule has 0 saturated heterocycles. The van der Waals surface area contributed by atoms with Crippen molar-refractivity contribution in [2.45, 2.75) is 43.9 Å². The zero-order valence-corrected chi connectivity index (χ0v) is 13.1. The molecule has 0 bridgehead atoms. The highest BCUT2D eigenvalue weighted by Gasteiger charge is 2.19. The number of carbonyl (C=O) groups excluding carboxylic acids is 1. The maximum atomic E-state index is 12.0. The number of hydrogen-bond acceptors (Lipinski definition) is 3. The van der Waals surface area contributed by atoms with Crippen LogP contribution in [0.3, 0.4) is 0 Å². The van der Waals surface area contributed by atoms with Gasteiger partial charge < -0.3 is 5.32 Å². The molecule has 5 nitrogen and oxygen atoms in total. The third kappa shape index (κ3) is 4.74. The van der Waals surface area contributed by atoms with E-state index in [2.05, 4.69) is 10.0 Å². The van der Waals surface area contributed by atoms with E-state index in [-0.39, 0.29) is 4.90 Å². The van der Waals surface area contributed by atoms with E-state index in [4.69, 9.17) is 0 Å². The van der Waals surface area contributed by atoms with E-state index in [1.807, 2.05) is 6.92 Å². The van der Waals surface area contributed by atoms with Crippen LogP contribution in [0.25, 0.3) is 0 Å². The van der Waals surface area contributed by atoms with Crippen molar-refractivity contribution >= 4 is 16.1 Å². The summed E-state index contributed by atoms with van der Waals surface area (Å²) in [5.41, 5.74) is 0.968. The second kappa shape index (κ2) is 6.93. The van der Waals surface area contributed by atoms with Crippen LogP contribution in [-0.4, -0.2) is 21.0 Å². The average molecular weight is 310 g/mol. The largest absolute Gasteiger partial charge is 0.337 e. The first kappa shape index (κ1) is 15.8. The van der Waals surface area contributed by atoms with E-state index in [9.17, 15) is 13.2 Å². The number of sulfonamides is 1. The number of hydrogen-bond donors (Lipinski definition) is 2. The van der Waals surface area contributed by atoms with E-state index in [1.165, 1.54) is 31.4 Å². The number of urea groups is 1. The summed E-state index contributed by atoms with van der Waals surface area (Å²) in [4.78, 5) is 11.8. The number of aryl methyl sites for hydroxylation is 1. The zero-order chi connectivity index (χ0) is 15.3. The highest BCUT2D eigenvalue weighted by Crippen LogP contribution is 2.22. The molecule has 0 radical (unpaired) electrons. The third-order valence-electron chi connectivity index (χ3n) is 3.83. The topological polar surface area (TPSA) is 75.3 Å². The van der Waals surface area contributed by atoms with Gasteiger partial charge in [0.15, 0.2) is 0 Å². The second-order valence-electron chi connectivity index (χ2n) is 5.63. The first-order valence-electron chi connectivity index (χ1n) is 7.35. The summed E-state index contributed by atoms with van der Waals surface area (Å²) < 4.78 is 26.1. The molecule has 1 fully saturated rings. The molecule has 1 aliphatic rings. The summed E-state index contributed by atoms with van der Waals surface area (Å²) in [6.07, 6.45) is 5.84. The van der Waals surface area contributed by atoms with Gasteiger partial charge in [-0.1, -0.05) is 37.0 Å². The van der Waals surface area contributed by atoms with Gasteiger partial charge in [0.25, 0.3) is 10.0 Å². The Morgan fingerprint density at radius 2 is 1.76 bits per heavy atom. The Morgan fingerprint density at radius 1 is 1.14 bits per heavy atom. The van der Waals surface area contributed by atoms with Gasteiger partial charge in [-0.25, -0.2) is 17.9 Å². The van der Waals surface area contributed by atoms with Crippen molar-refractivity contribution in [3.63, 3.8) is 0 Å². The molecule has 0 heterocycles. The fourth-order valence-corrected chi connectivity index (χ4v) is 3.49. The smallest absolute Gasteiger partial charge is 0.328 e. The van der Waals surface area contributed by atoms with Gasteiger partial charge in [0, 0.05) is 6.54 Å². The number of benzene rings is 1. The Balaban J connectivity index is 1.87. The molecule has 6 heteroatoms. The van der Waals surface area contributed by atoms with Gasteiger partial charge in [0.2, 0.25) is 0 Å². The van der Waals surface area contributed by atoms with Gasteiger partial charge in [0.1, 0.15) is 0 Å². The highest BCUT2D eigenvalue weighted by atomic mass is 32.2. The highest BCUT2D eigenvalue weighted by molar-refractivity contribution is 7.90. The van der Waals surface area contributed by atoms with Crippen LogP contribution < -0.4 is 10.0 Å². The average Bonchev–Trinajstić information content (AvgIpc) is 2.46. The fourth-order valence-electron chi connectivity index (χ4n) is 2.56. The Kier molecular flexibility index (Phi) is 5.22. The maximum absolute atomic E-state index is 12.0. The van der Waals surface area contributed by atoms with Crippen LogP contribution in [0.2, 0.25) is 0 Å². The number of rotatable bonds is 4. The van der Waals surface area contributed by atoms with E-state index < -0.39 is 16.1 Å². The second-order valence-corrected chi connectivity index (χ2v) is 7.32. The van der Waals surface area contributed by atoms with Crippen LogP contribution in [-0.2, 0) is 10.0 Å². The Bertz CT molecular complexity index is 575. The number of amides is 2. The fraction of sp³-hybridized carbons (Fsp3) is 0.533. The van der Waals surface area contributed by atoms with E-state index in [1.54, 1.807) is 12.1 Å². The minimum Gasteiger partial charge on any atom is -0.337 e. The van der Waals surface area contributed by atoms with Crippen molar-refractivity contribution in [3.8, 4) is 0 Å². The summed E-state index contributed by atoms with van der Waals surface area (Å²) in [5.74, 6) is 0.464. The van der Waals surface area contributed by atoms with Crippen molar-refractivity contribution in [2.75, 3.05) is 6.54 Å². The van der Waals surface area contributed by atoms with Crippen molar-refractivity contribution in [1.29, 1.82) is 0 Å². The SMILES string of the molecule is Cc1ccc(S(=O)(=O)NC(=O)NCC2CCCCC2)cc1. The summed E-state index contributed by atoms with van der Waals surface area (Å²) in [7, 11) is -3.79. The van der Waals surface area contributed by atoms with Crippen LogP contribution in [0.5, 0.6) is 0 Å². The number of carbonyl (C=O) groups is 1. The van der Waals surface area contributed by atoms with Crippen molar-refractivity contribution in [1.82, 2.24) is 10.0 Å². The van der Waals surface area contributed by atoms with Gasteiger partial charge in [-0.2, -0.15) is 0 Å². The van der Waals surface area contributed by atoms with Crippen LogP contribution >= 0.6 is 0 Å². The van der Waals surface area contributed by atoms with Gasteiger partial charge in [0.05, 0.1) is 4.90 Å². The van der Waals surface area contributed by atoms with Crippen LogP contribution in [0, 0.1) is 12.8 Å². The Morgan fingerprint density at radius 3 is 2.38 bits per heavy atom. The van der Waals surface area contributed by atoms with E-state index in [0.717, 1.165) is 18.4 Å². The van der Waals surface area contributed by atoms with Crippen molar-refractivity contribution < 1.29 is 13.2 Å². The molecule has 0 spiro atoms. The molecule has 0 aliphatic heterocycles. The first-order chi connectivity index (χ1) is 9.97. The molecule has 1 saturated carbocycles. The molecular weight excluding hydrogens is 288 g/mol. The monoisotopic (exact) mass is 310 g/mol. The molecule has 21 heavy (non-hydrogen) atoms. The summed E-state index contributed by atoms with van der Waals surface area (Å²) in [5, 5.41) is 2.66.